The molecule has 7 nitrogen and oxygen atoms in total. The molecule has 2 aromatic rings. The number of carbonyl (C=O) groups excluding carboxylic acids is 3. The average molecular weight is 441 g/mol. The summed E-state index contributed by atoms with van der Waals surface area (Å²) in [6, 6.07) is 12.9. The Bertz CT molecular complexity index is 1040. The normalized spacial score (nSPS) is 20.0. The molecule has 3 atom stereocenters. The number of carbonyl (C=O) groups is 3. The lowest BCUT2D eigenvalue weighted by Crippen LogP contribution is -2.53. The van der Waals surface area contributed by atoms with Gasteiger partial charge in [-0.1, -0.05) is 63.2 Å². The Morgan fingerprint density at radius 2 is 1.72 bits per heavy atom. The largest absolute Gasteiger partial charge is 0.432 e. The molecule has 1 heterocycles. The summed E-state index contributed by atoms with van der Waals surface area (Å²) in [4.78, 5) is 40.0. The first-order chi connectivity index (χ1) is 14.8. The van der Waals surface area contributed by atoms with Crippen molar-refractivity contribution >= 4 is 28.6 Å². The van der Waals surface area contributed by atoms with Crippen molar-refractivity contribution < 1.29 is 23.9 Å². The van der Waals surface area contributed by atoms with Crippen LogP contribution in [0.1, 0.15) is 40.2 Å². The molecule has 2 N–H and O–H groups in total. The number of fused-ring (bicyclic) bond motifs is 1. The number of nitrogens with two attached hydrogens (primary N) is 1. The van der Waals surface area contributed by atoms with Crippen molar-refractivity contribution in [3.8, 4) is 0 Å². The number of rotatable bonds is 5. The second kappa shape index (κ2) is 8.64. The number of hydrogen-bond acceptors (Lipinski definition) is 6. The molecule has 0 spiro atoms. The van der Waals surface area contributed by atoms with Gasteiger partial charge < -0.3 is 15.2 Å². The molecule has 2 amide bonds. The van der Waals surface area contributed by atoms with Gasteiger partial charge in [0.2, 0.25) is 17.6 Å². The highest BCUT2D eigenvalue weighted by molar-refractivity contribution is 6.00. The van der Waals surface area contributed by atoms with Crippen molar-refractivity contribution in [1.82, 2.24) is 4.90 Å². The second-order valence-corrected chi connectivity index (χ2v) is 9.93. The van der Waals surface area contributed by atoms with Crippen molar-refractivity contribution in [2.75, 3.05) is 7.05 Å². The number of hydrogen-bond donors (Lipinski definition) is 1. The zero-order valence-corrected chi connectivity index (χ0v) is 19.5. The number of benzene rings is 2. The minimum Gasteiger partial charge on any atom is -0.432 e. The zero-order valence-electron chi connectivity index (χ0n) is 19.5. The van der Waals surface area contributed by atoms with E-state index in [1.807, 2.05) is 63.2 Å². The summed E-state index contributed by atoms with van der Waals surface area (Å²) in [6.45, 7) is 8.74. The molecule has 3 rings (SSSR count). The number of esters is 1. The molecule has 0 radical (unpaired) electrons. The fourth-order valence-corrected chi connectivity index (χ4v) is 3.80. The van der Waals surface area contributed by atoms with Gasteiger partial charge in [-0.2, -0.15) is 0 Å². The summed E-state index contributed by atoms with van der Waals surface area (Å²) >= 11 is 0. The maximum absolute atomic E-state index is 13.5. The number of likely N-dealkylation sites (N-methyl/N-ethyl adjacent to an activating group) is 1. The minimum absolute atomic E-state index is 0.210. The van der Waals surface area contributed by atoms with Crippen LogP contribution in [0, 0.1) is 11.3 Å². The van der Waals surface area contributed by atoms with E-state index < -0.39 is 47.0 Å². The van der Waals surface area contributed by atoms with Crippen LogP contribution in [0.15, 0.2) is 42.5 Å². The van der Waals surface area contributed by atoms with Crippen LogP contribution in [0.25, 0.3) is 10.8 Å². The molecule has 7 heteroatoms. The van der Waals surface area contributed by atoms with Gasteiger partial charge in [0.15, 0.2) is 6.10 Å². The summed E-state index contributed by atoms with van der Waals surface area (Å²) in [5, 5.41) is 2.09. The van der Waals surface area contributed by atoms with E-state index in [-0.39, 0.29) is 6.42 Å². The Labute approximate surface area is 188 Å². The molecule has 1 aliphatic heterocycles. The molecule has 1 saturated heterocycles. The minimum atomic E-state index is -1.14. The molecule has 2 aromatic carbocycles. The van der Waals surface area contributed by atoms with Gasteiger partial charge in [0.1, 0.15) is 0 Å². The Morgan fingerprint density at radius 1 is 1.09 bits per heavy atom. The first-order valence-electron chi connectivity index (χ1n) is 10.8. The van der Waals surface area contributed by atoms with Crippen molar-refractivity contribution in [3.05, 3.63) is 48.0 Å². The molecule has 0 aromatic heterocycles. The number of amides is 2. The molecular weight excluding hydrogens is 408 g/mol. The molecule has 1 aliphatic rings. The zero-order chi connectivity index (χ0) is 23.8. The lowest BCUT2D eigenvalue weighted by molar-refractivity contribution is -0.163. The second-order valence-electron chi connectivity index (χ2n) is 9.93. The molecular formula is C25H32N2O5. The van der Waals surface area contributed by atoms with Crippen LogP contribution in [0.2, 0.25) is 0 Å². The molecule has 0 aliphatic carbocycles. The molecule has 1 fully saturated rings. The molecule has 0 bridgehead atoms. The predicted molar refractivity (Wildman–Crippen MR) is 121 cm³/mol. The fraction of sp³-hybridized carbons (Fsp3) is 0.480. The Kier molecular flexibility index (Phi) is 6.45. The summed E-state index contributed by atoms with van der Waals surface area (Å²) < 4.78 is 11.1. The van der Waals surface area contributed by atoms with E-state index in [0.717, 1.165) is 21.2 Å². The van der Waals surface area contributed by atoms with E-state index >= 15 is 0 Å². The standard InChI is InChI=1S/C25H32N2O5/c1-24(2,3)20(26)22(29)27(6)21(28)18(19-23(30)32-25(4,5)31-19)14-15-11-12-16-9-7-8-10-17(16)13-15/h7-13,18-20H,14,26H2,1-6H3/t18-,19+,20-/m1/s1. The number of imide groups is 1. The van der Waals surface area contributed by atoms with Crippen molar-refractivity contribution in [3.63, 3.8) is 0 Å². The number of ether oxygens (including phenoxy) is 2. The van der Waals surface area contributed by atoms with Gasteiger partial charge in [-0.25, -0.2) is 4.79 Å². The van der Waals surface area contributed by atoms with Gasteiger partial charge in [-0.15, -0.1) is 0 Å². The first kappa shape index (κ1) is 23.9. The summed E-state index contributed by atoms with van der Waals surface area (Å²) in [6.07, 6.45) is -0.910. The SMILES string of the molecule is CN(C(=O)[C@@H](N)C(C)(C)C)C(=O)[C@H](Cc1ccc2ccccc2c1)[C@@H]1OC(C)(C)OC1=O. The Hall–Kier alpha value is -2.77. The Morgan fingerprint density at radius 3 is 2.28 bits per heavy atom. The fourth-order valence-electron chi connectivity index (χ4n) is 3.80. The average Bonchev–Trinajstić information content (AvgIpc) is 3.00. The number of cyclic esters (lactones) is 1. The lowest BCUT2D eigenvalue weighted by atomic mass is 9.86. The van der Waals surface area contributed by atoms with Gasteiger partial charge in [0.05, 0.1) is 12.0 Å². The quantitative estimate of drug-likeness (QED) is 0.718. The maximum atomic E-state index is 13.5. The van der Waals surface area contributed by atoms with E-state index in [0.29, 0.717) is 0 Å². The number of nitrogens with zero attached hydrogens (tertiary/aromatic N) is 1. The maximum Gasteiger partial charge on any atom is 0.338 e. The summed E-state index contributed by atoms with van der Waals surface area (Å²) in [5.41, 5.74) is 6.43. The van der Waals surface area contributed by atoms with E-state index in [9.17, 15) is 14.4 Å². The van der Waals surface area contributed by atoms with E-state index in [1.165, 1.54) is 7.05 Å². The van der Waals surface area contributed by atoms with Crippen LogP contribution in [0.3, 0.4) is 0 Å². The van der Waals surface area contributed by atoms with Crippen LogP contribution in [-0.2, 0) is 30.3 Å². The van der Waals surface area contributed by atoms with Crippen LogP contribution < -0.4 is 5.73 Å². The predicted octanol–water partition coefficient (Wildman–Crippen LogP) is 3.04. The third-order valence-electron chi connectivity index (χ3n) is 5.80. The van der Waals surface area contributed by atoms with Crippen LogP contribution >= 0.6 is 0 Å². The first-order valence-corrected chi connectivity index (χ1v) is 10.8. The van der Waals surface area contributed by atoms with Gasteiger partial charge in [-0.05, 0) is 28.2 Å². The van der Waals surface area contributed by atoms with Crippen LogP contribution in [-0.4, -0.2) is 47.7 Å². The molecule has 0 unspecified atom stereocenters. The van der Waals surface area contributed by atoms with E-state index in [2.05, 4.69) is 0 Å². The molecule has 172 valence electrons. The van der Waals surface area contributed by atoms with Gasteiger partial charge in [-0.3, -0.25) is 14.5 Å². The van der Waals surface area contributed by atoms with Crippen LogP contribution in [0.4, 0.5) is 0 Å². The van der Waals surface area contributed by atoms with Crippen LogP contribution in [0.5, 0.6) is 0 Å². The van der Waals surface area contributed by atoms with Gasteiger partial charge in [0, 0.05) is 20.9 Å². The topological polar surface area (TPSA) is 98.9 Å². The van der Waals surface area contributed by atoms with Gasteiger partial charge in [0.25, 0.3) is 0 Å². The third kappa shape index (κ3) is 5.00. The smallest absolute Gasteiger partial charge is 0.338 e. The Balaban J connectivity index is 1.93. The summed E-state index contributed by atoms with van der Waals surface area (Å²) in [7, 11) is 1.40. The third-order valence-corrected chi connectivity index (χ3v) is 5.80. The van der Waals surface area contributed by atoms with Crippen molar-refractivity contribution in [2.24, 2.45) is 17.1 Å². The lowest BCUT2D eigenvalue weighted by Gasteiger charge is -2.31. The highest BCUT2D eigenvalue weighted by atomic mass is 16.8. The summed E-state index contributed by atoms with van der Waals surface area (Å²) in [5.74, 6) is -3.73. The highest BCUT2D eigenvalue weighted by Crippen LogP contribution is 2.32. The molecule has 32 heavy (non-hydrogen) atoms. The monoisotopic (exact) mass is 440 g/mol. The van der Waals surface area contributed by atoms with Crippen molar-refractivity contribution in [1.29, 1.82) is 0 Å². The van der Waals surface area contributed by atoms with Gasteiger partial charge >= 0.3 is 5.97 Å². The van der Waals surface area contributed by atoms with Crippen molar-refractivity contribution in [2.45, 2.75) is 59.0 Å². The molecule has 0 saturated carbocycles. The highest BCUT2D eigenvalue weighted by Gasteiger charge is 2.49. The van der Waals surface area contributed by atoms with E-state index in [4.69, 9.17) is 15.2 Å². The van der Waals surface area contributed by atoms with E-state index in [1.54, 1.807) is 13.8 Å².